The molecule has 0 spiro atoms. The quantitative estimate of drug-likeness (QED) is 0.0870. The van der Waals surface area contributed by atoms with Gasteiger partial charge in [-0.3, -0.25) is 0 Å². The predicted molar refractivity (Wildman–Crippen MR) is 235 cm³/mol. The molecule has 0 bridgehead atoms. The van der Waals surface area contributed by atoms with Gasteiger partial charge in [0.05, 0.1) is 25.0 Å². The first-order valence-corrected chi connectivity index (χ1v) is 21.0. The van der Waals surface area contributed by atoms with Gasteiger partial charge in [-0.25, -0.2) is 0 Å². The zero-order valence-electron chi connectivity index (χ0n) is 34.9. The number of nitrogens with zero attached hydrogens (tertiary/aromatic N) is 8. The van der Waals surface area contributed by atoms with Crippen LogP contribution in [0.4, 0.5) is 22.7 Å². The van der Waals surface area contributed by atoms with Crippen LogP contribution < -0.4 is 15.1 Å². The third kappa shape index (κ3) is 10.3. The number of aromatic nitrogens is 3. The van der Waals surface area contributed by atoms with E-state index in [4.69, 9.17) is 37.0 Å². The molecule has 0 saturated heterocycles. The maximum absolute atomic E-state index is 14.1. The van der Waals surface area contributed by atoms with Crippen LogP contribution in [-0.4, -0.2) is 54.2 Å². The van der Waals surface area contributed by atoms with Gasteiger partial charge in [-0.1, -0.05) is 20.8 Å². The molecule has 1 aliphatic heterocycles. The van der Waals surface area contributed by atoms with Crippen molar-refractivity contribution in [3.63, 3.8) is 0 Å². The summed E-state index contributed by atoms with van der Waals surface area (Å²) in [6.07, 6.45) is 2.60. The fraction of sp³-hybridized carbons (Fsp3) is 0.429. The van der Waals surface area contributed by atoms with Crippen molar-refractivity contribution in [2.45, 2.75) is 98.8 Å². The number of benzene rings is 3. The number of hydrogen-bond donors (Lipinski definition) is 2. The van der Waals surface area contributed by atoms with Gasteiger partial charge in [0.25, 0.3) is 0 Å². The molecule has 0 radical (unpaired) electrons. The minimum atomic E-state index is -4.06. The predicted octanol–water partition coefficient (Wildman–Crippen LogP) is 9.17. The molecular weight excluding hydrogens is 767 g/mol. The summed E-state index contributed by atoms with van der Waals surface area (Å²) in [6, 6.07) is 20.8. The molecule has 302 valence electrons. The second kappa shape index (κ2) is 17.2. The molecule has 0 amide bonds. The zero-order valence-corrected chi connectivity index (χ0v) is 36.6. The van der Waals surface area contributed by atoms with E-state index in [1.54, 1.807) is 31.2 Å². The molecule has 0 fully saturated rings. The molecule has 5 rings (SSSR count). The van der Waals surface area contributed by atoms with Gasteiger partial charge in [-0.15, -0.1) is 0 Å². The van der Waals surface area contributed by atoms with E-state index in [1.165, 1.54) is 4.79 Å². The number of fused-ring (bicyclic) bond motifs is 1. The fourth-order valence-electron chi connectivity index (χ4n) is 7.24. The SMILES string of the molecule is Cc1cc(N(CCC#N)CCC#N)ccc1/N=C1/C(C(C)(C)C)=Nn2nc(-c3cc(NOB=S)cc(NS(=O)(=O)c4cc(C(C)(C)CC(C)(C)C)ccc4C)c3)nc21. The molecule has 13 nitrogen and oxygen atoms in total. The Morgan fingerprint density at radius 1 is 0.914 bits per heavy atom. The summed E-state index contributed by atoms with van der Waals surface area (Å²) in [5.74, 6) is 0.708. The molecule has 4 aromatic rings. The summed E-state index contributed by atoms with van der Waals surface area (Å²) in [6.45, 7) is 21.7. The number of aliphatic imine (C=N–C) groups is 1. The molecule has 58 heavy (non-hydrogen) atoms. The molecular formula is C42H51BN10O3S2. The zero-order chi connectivity index (χ0) is 42.6. The van der Waals surface area contributed by atoms with E-state index in [0.717, 1.165) is 29.6 Å². The van der Waals surface area contributed by atoms with E-state index < -0.39 is 15.4 Å². The Kier molecular flexibility index (Phi) is 12.9. The first kappa shape index (κ1) is 43.7. The van der Waals surface area contributed by atoms with Gasteiger partial charge in [-0.2, -0.15) is 10.5 Å². The van der Waals surface area contributed by atoms with Crippen LogP contribution in [-0.2, 0) is 20.2 Å². The van der Waals surface area contributed by atoms with Gasteiger partial charge in [-0.05, 0) is 24.5 Å². The Hall–Kier alpha value is -5.45. The van der Waals surface area contributed by atoms with Crippen molar-refractivity contribution >= 4 is 62.6 Å². The number of nitriles is 2. The van der Waals surface area contributed by atoms with Crippen LogP contribution in [0.2, 0.25) is 0 Å². The Labute approximate surface area is 348 Å². The van der Waals surface area contributed by atoms with Gasteiger partial charge >= 0.3 is 245 Å². The maximum atomic E-state index is 14.1. The van der Waals surface area contributed by atoms with Gasteiger partial charge in [0.15, 0.2) is 0 Å². The van der Waals surface area contributed by atoms with E-state index in [-0.39, 0.29) is 27.2 Å². The number of anilines is 3. The Balaban J connectivity index is 1.54. The van der Waals surface area contributed by atoms with Crippen molar-refractivity contribution in [3.8, 4) is 23.5 Å². The molecule has 0 atom stereocenters. The van der Waals surface area contributed by atoms with Crippen molar-refractivity contribution in [2.75, 3.05) is 28.2 Å². The normalized spacial score (nSPS) is 13.6. The average Bonchev–Trinajstić information content (AvgIpc) is 3.70. The van der Waals surface area contributed by atoms with Crippen LogP contribution in [0.1, 0.15) is 97.2 Å². The van der Waals surface area contributed by atoms with Gasteiger partial charge in [0, 0.05) is 18.8 Å². The summed E-state index contributed by atoms with van der Waals surface area (Å²) in [5.41, 5.74) is 8.55. The Morgan fingerprint density at radius 3 is 2.19 bits per heavy atom. The van der Waals surface area contributed by atoms with E-state index in [2.05, 4.69) is 57.0 Å². The molecule has 2 N–H and O–H groups in total. The summed E-state index contributed by atoms with van der Waals surface area (Å²) in [4.78, 5) is 13.7. The van der Waals surface area contributed by atoms with Crippen LogP contribution >= 0.6 is 12.1 Å². The van der Waals surface area contributed by atoms with E-state index in [0.29, 0.717) is 65.7 Å². The summed E-state index contributed by atoms with van der Waals surface area (Å²) in [5, 5.41) is 27.9. The molecule has 16 heteroatoms. The molecule has 2 heterocycles. The average molecular weight is 819 g/mol. The second-order valence-electron chi connectivity index (χ2n) is 17.4. The summed E-state index contributed by atoms with van der Waals surface area (Å²) < 4.78 is 36.2. The number of aryl methyl sites for hydroxylation is 2. The first-order valence-electron chi connectivity index (χ1n) is 19.1. The topological polar surface area (TPSA) is 174 Å². The van der Waals surface area contributed by atoms with E-state index >= 15 is 0 Å². The molecule has 3 aromatic carbocycles. The molecule has 1 aliphatic rings. The number of sulfonamides is 1. The standard InChI is InChI=1S/C42H51BN10O3S2/c1-27-13-14-30(42(9,10)26-40(3,4)5)24-35(27)58(54,55)51-32-23-29(22-31(25-32)50-56-43-57)38-47-39-36(37(41(6,7)8)48-53(39)49-38)46-34-16-15-33(21-28(34)2)52(19-11-17-44)20-12-18-45/h13-16,21-25,50-51H,11-12,19-20,26H2,1-10H3/b46-36-. The minimum absolute atomic E-state index is 0.0412. The number of hydrogen-bond acceptors (Lipinski definition) is 12. The van der Waals surface area contributed by atoms with Crippen LogP contribution in [0.25, 0.3) is 11.4 Å². The van der Waals surface area contributed by atoms with Crippen molar-refractivity contribution < 1.29 is 13.2 Å². The van der Waals surface area contributed by atoms with Crippen molar-refractivity contribution in [1.82, 2.24) is 14.9 Å². The van der Waals surface area contributed by atoms with Crippen molar-refractivity contribution in [3.05, 3.63) is 77.1 Å². The molecule has 1 aromatic heterocycles. The van der Waals surface area contributed by atoms with Crippen molar-refractivity contribution in [1.29, 1.82) is 10.5 Å². The molecule has 0 aliphatic carbocycles. The first-order chi connectivity index (χ1) is 27.2. The molecule has 0 unspecified atom stereocenters. The van der Waals surface area contributed by atoms with Crippen LogP contribution in [0, 0.1) is 47.3 Å². The number of rotatable bonds is 15. The third-order valence-electron chi connectivity index (χ3n) is 9.60. The Morgan fingerprint density at radius 2 is 1.59 bits per heavy atom. The monoisotopic (exact) mass is 818 g/mol. The van der Waals surface area contributed by atoms with Gasteiger partial charge in [0.2, 0.25) is 0 Å². The van der Waals surface area contributed by atoms with E-state index in [1.807, 2.05) is 62.9 Å². The summed E-state index contributed by atoms with van der Waals surface area (Å²) in [7, 11) is -4.06. The van der Waals surface area contributed by atoms with E-state index in [9.17, 15) is 18.9 Å². The van der Waals surface area contributed by atoms with Crippen LogP contribution in [0.15, 0.2) is 69.6 Å². The van der Waals surface area contributed by atoms with Gasteiger partial charge < -0.3 is 4.90 Å². The van der Waals surface area contributed by atoms with Crippen LogP contribution in [0.5, 0.6) is 0 Å². The molecule has 0 saturated carbocycles. The summed E-state index contributed by atoms with van der Waals surface area (Å²) >= 11 is 4.86. The van der Waals surface area contributed by atoms with Crippen LogP contribution in [0.3, 0.4) is 0 Å². The van der Waals surface area contributed by atoms with Gasteiger partial charge in [0.1, 0.15) is 0 Å². The van der Waals surface area contributed by atoms with Crippen molar-refractivity contribution in [2.24, 2.45) is 20.9 Å². The second-order valence-corrected chi connectivity index (χ2v) is 19.2. The Bertz CT molecular complexity index is 2450. The number of nitrogens with one attached hydrogen (secondary N) is 2. The third-order valence-corrected chi connectivity index (χ3v) is 11.2. The fourth-order valence-corrected chi connectivity index (χ4v) is 8.60.